The smallest absolute Gasteiger partial charge is 0.261 e. The number of carbonyl (C=O) groups is 2. The molecule has 1 aromatic carbocycles. The fraction of sp³-hybridized carbons (Fsp3) is 0.500. The summed E-state index contributed by atoms with van der Waals surface area (Å²) in [6, 6.07) is 7.08. The number of carbonyl (C=O) groups excluding carboxylic acids is 2. The molecule has 0 saturated carbocycles. The highest BCUT2D eigenvalue weighted by atomic mass is 35.5. The molecule has 0 radical (unpaired) electrons. The van der Waals surface area contributed by atoms with Crippen LogP contribution in [0.1, 0.15) is 46.4 Å². The molecule has 5 heteroatoms. The molecule has 114 valence electrons. The minimum atomic E-state index is -0.133. The Morgan fingerprint density at radius 3 is 1.95 bits per heavy atom. The molecule has 4 nitrogen and oxygen atoms in total. The van der Waals surface area contributed by atoms with E-state index in [1.54, 1.807) is 24.3 Å². The summed E-state index contributed by atoms with van der Waals surface area (Å²) in [6.45, 7) is 4.03. The maximum absolute atomic E-state index is 12.2. The lowest BCUT2D eigenvalue weighted by molar-refractivity contribution is 0.0650. The van der Waals surface area contributed by atoms with Crippen LogP contribution in [0.2, 0.25) is 0 Å². The Bertz CT molecular complexity index is 492. The summed E-state index contributed by atoms with van der Waals surface area (Å²) >= 11 is 0. The molecule has 2 aliphatic rings. The fourth-order valence-corrected chi connectivity index (χ4v) is 3.05. The van der Waals surface area contributed by atoms with Crippen LogP contribution in [0.4, 0.5) is 0 Å². The van der Waals surface area contributed by atoms with E-state index in [1.807, 2.05) is 0 Å². The van der Waals surface area contributed by atoms with Crippen LogP contribution in [0, 0.1) is 0 Å². The standard InChI is InChI=1S/C16H20N2O2.ClH/c19-15-13-7-1-2-8-14(13)16(20)18(15)12-6-5-11-17-9-3-4-10-17;/h1-2,7-8H,3-6,9-12H2;1H. The van der Waals surface area contributed by atoms with E-state index in [1.165, 1.54) is 30.8 Å². The van der Waals surface area contributed by atoms with E-state index in [2.05, 4.69) is 4.90 Å². The van der Waals surface area contributed by atoms with Crippen LogP contribution in [0.15, 0.2) is 24.3 Å². The predicted octanol–water partition coefficient (Wildman–Crippen LogP) is 2.58. The third kappa shape index (κ3) is 3.27. The van der Waals surface area contributed by atoms with Gasteiger partial charge in [0.05, 0.1) is 11.1 Å². The molecule has 0 bridgehead atoms. The Morgan fingerprint density at radius 2 is 1.38 bits per heavy atom. The molecular formula is C16H21ClN2O2. The third-order valence-electron chi connectivity index (χ3n) is 4.18. The van der Waals surface area contributed by atoms with Gasteiger partial charge in [0.25, 0.3) is 11.8 Å². The highest BCUT2D eigenvalue weighted by molar-refractivity contribution is 6.21. The van der Waals surface area contributed by atoms with Crippen molar-refractivity contribution in [1.29, 1.82) is 0 Å². The molecule has 1 saturated heterocycles. The van der Waals surface area contributed by atoms with Gasteiger partial charge in [-0.2, -0.15) is 0 Å². The number of hydrogen-bond donors (Lipinski definition) is 0. The Labute approximate surface area is 131 Å². The predicted molar refractivity (Wildman–Crippen MR) is 84.0 cm³/mol. The highest BCUT2D eigenvalue weighted by Gasteiger charge is 2.34. The molecule has 3 rings (SSSR count). The van der Waals surface area contributed by atoms with Gasteiger partial charge in [0, 0.05) is 6.54 Å². The van der Waals surface area contributed by atoms with Crippen molar-refractivity contribution in [2.75, 3.05) is 26.2 Å². The van der Waals surface area contributed by atoms with E-state index in [9.17, 15) is 9.59 Å². The summed E-state index contributed by atoms with van der Waals surface area (Å²) in [5.74, 6) is -0.265. The molecule has 2 heterocycles. The van der Waals surface area contributed by atoms with E-state index in [-0.39, 0.29) is 24.2 Å². The molecule has 1 aromatic rings. The largest absolute Gasteiger partial charge is 0.303 e. The summed E-state index contributed by atoms with van der Waals surface area (Å²) in [6.07, 6.45) is 4.55. The molecule has 0 aromatic heterocycles. The van der Waals surface area contributed by atoms with Crippen LogP contribution in [-0.4, -0.2) is 47.8 Å². The first kappa shape index (κ1) is 16.0. The van der Waals surface area contributed by atoms with Gasteiger partial charge in [0.15, 0.2) is 0 Å². The molecule has 0 aliphatic carbocycles. The number of fused-ring (bicyclic) bond motifs is 1. The first-order chi connectivity index (χ1) is 9.77. The number of benzene rings is 1. The molecule has 2 amide bonds. The highest BCUT2D eigenvalue weighted by Crippen LogP contribution is 2.22. The van der Waals surface area contributed by atoms with Gasteiger partial charge >= 0.3 is 0 Å². The summed E-state index contributed by atoms with van der Waals surface area (Å²) in [5, 5.41) is 0. The van der Waals surface area contributed by atoms with Gasteiger partial charge < -0.3 is 4.90 Å². The van der Waals surface area contributed by atoms with Crippen LogP contribution in [0.25, 0.3) is 0 Å². The number of imide groups is 1. The van der Waals surface area contributed by atoms with Gasteiger partial charge in [-0.15, -0.1) is 12.4 Å². The van der Waals surface area contributed by atoms with Crippen molar-refractivity contribution >= 4 is 24.2 Å². The van der Waals surface area contributed by atoms with Crippen LogP contribution in [0.3, 0.4) is 0 Å². The average Bonchev–Trinajstić information content (AvgIpc) is 3.06. The summed E-state index contributed by atoms with van der Waals surface area (Å²) in [5.41, 5.74) is 1.11. The summed E-state index contributed by atoms with van der Waals surface area (Å²) in [7, 11) is 0. The van der Waals surface area contributed by atoms with E-state index in [0.29, 0.717) is 17.7 Å². The monoisotopic (exact) mass is 308 g/mol. The van der Waals surface area contributed by atoms with Crippen LogP contribution >= 0.6 is 12.4 Å². The Hall–Kier alpha value is -1.39. The van der Waals surface area contributed by atoms with E-state index >= 15 is 0 Å². The zero-order valence-corrected chi connectivity index (χ0v) is 12.9. The third-order valence-corrected chi connectivity index (χ3v) is 4.18. The van der Waals surface area contributed by atoms with Crippen LogP contribution < -0.4 is 0 Å². The molecule has 0 spiro atoms. The minimum absolute atomic E-state index is 0. The van der Waals surface area contributed by atoms with E-state index in [0.717, 1.165) is 19.4 Å². The average molecular weight is 309 g/mol. The van der Waals surface area contributed by atoms with Crippen molar-refractivity contribution in [2.45, 2.75) is 25.7 Å². The summed E-state index contributed by atoms with van der Waals surface area (Å²) in [4.78, 5) is 28.2. The number of nitrogens with zero attached hydrogens (tertiary/aromatic N) is 2. The maximum Gasteiger partial charge on any atom is 0.261 e. The summed E-state index contributed by atoms with van der Waals surface area (Å²) < 4.78 is 0. The quantitative estimate of drug-likeness (QED) is 0.620. The minimum Gasteiger partial charge on any atom is -0.303 e. The Balaban J connectivity index is 0.00000161. The van der Waals surface area contributed by atoms with Crippen LogP contribution in [0.5, 0.6) is 0 Å². The van der Waals surface area contributed by atoms with Gasteiger partial charge in [-0.1, -0.05) is 12.1 Å². The van der Waals surface area contributed by atoms with E-state index in [4.69, 9.17) is 0 Å². The van der Waals surface area contributed by atoms with Gasteiger partial charge in [-0.25, -0.2) is 0 Å². The van der Waals surface area contributed by atoms with Gasteiger partial charge in [-0.05, 0) is 57.5 Å². The molecule has 0 N–H and O–H groups in total. The molecular weight excluding hydrogens is 288 g/mol. The molecule has 0 atom stereocenters. The second-order valence-corrected chi connectivity index (χ2v) is 5.56. The molecule has 21 heavy (non-hydrogen) atoms. The molecule has 0 unspecified atom stereocenters. The zero-order chi connectivity index (χ0) is 13.9. The van der Waals surface area contributed by atoms with Gasteiger partial charge in [0.1, 0.15) is 0 Å². The van der Waals surface area contributed by atoms with Gasteiger partial charge in [0.2, 0.25) is 0 Å². The van der Waals surface area contributed by atoms with Crippen molar-refractivity contribution in [3.8, 4) is 0 Å². The van der Waals surface area contributed by atoms with Crippen molar-refractivity contribution in [3.63, 3.8) is 0 Å². The lowest BCUT2D eigenvalue weighted by Crippen LogP contribution is -2.31. The topological polar surface area (TPSA) is 40.6 Å². The van der Waals surface area contributed by atoms with Crippen molar-refractivity contribution < 1.29 is 9.59 Å². The maximum atomic E-state index is 12.2. The second-order valence-electron chi connectivity index (χ2n) is 5.56. The van der Waals surface area contributed by atoms with E-state index < -0.39 is 0 Å². The number of hydrogen-bond acceptors (Lipinski definition) is 3. The zero-order valence-electron chi connectivity index (χ0n) is 12.1. The van der Waals surface area contributed by atoms with Gasteiger partial charge in [-0.3, -0.25) is 14.5 Å². The van der Waals surface area contributed by atoms with Crippen molar-refractivity contribution in [1.82, 2.24) is 9.80 Å². The number of amides is 2. The molecule has 1 fully saturated rings. The lowest BCUT2D eigenvalue weighted by Gasteiger charge is -2.16. The normalized spacial score (nSPS) is 18.0. The Morgan fingerprint density at radius 1 is 0.857 bits per heavy atom. The number of likely N-dealkylation sites (tertiary alicyclic amines) is 1. The molecule has 2 aliphatic heterocycles. The lowest BCUT2D eigenvalue weighted by atomic mass is 10.1. The first-order valence-electron chi connectivity index (χ1n) is 7.45. The Kier molecular flexibility index (Phi) is 5.37. The number of rotatable bonds is 5. The fourth-order valence-electron chi connectivity index (χ4n) is 3.05. The van der Waals surface area contributed by atoms with Crippen molar-refractivity contribution in [2.24, 2.45) is 0 Å². The SMILES string of the molecule is Cl.O=C1c2ccccc2C(=O)N1CCCCN1CCCC1. The number of halogens is 1. The van der Waals surface area contributed by atoms with Crippen LogP contribution in [-0.2, 0) is 0 Å². The second kappa shape index (κ2) is 7.05. The number of unbranched alkanes of at least 4 members (excludes halogenated alkanes) is 1. The van der Waals surface area contributed by atoms with Crippen molar-refractivity contribution in [3.05, 3.63) is 35.4 Å². The first-order valence-corrected chi connectivity index (χ1v) is 7.45.